The monoisotopic (exact) mass is 583 g/mol. The average molecular weight is 584 g/mol. The fourth-order valence-electron chi connectivity index (χ4n) is 3.62. The van der Waals surface area contributed by atoms with Gasteiger partial charge in [0.05, 0.1) is 30.2 Å². The lowest BCUT2D eigenvalue weighted by atomic mass is 10.1. The molecule has 2 aromatic rings. The molecule has 0 aliphatic carbocycles. The molecular weight excluding hydrogens is 557 g/mol. The molecule has 39 heavy (non-hydrogen) atoms. The van der Waals surface area contributed by atoms with Gasteiger partial charge in [0.25, 0.3) is 10.0 Å². The lowest BCUT2D eigenvalue weighted by Gasteiger charge is -2.38. The molecule has 2 unspecified atom stereocenters. The first-order chi connectivity index (χ1) is 17.8. The minimum Gasteiger partial charge on any atom is -0.484 e. The highest BCUT2D eigenvalue weighted by Gasteiger charge is 2.51. The van der Waals surface area contributed by atoms with Crippen LogP contribution in [0.3, 0.4) is 0 Å². The number of anilines is 2. The van der Waals surface area contributed by atoms with Gasteiger partial charge in [0.1, 0.15) is 16.7 Å². The molecule has 1 aliphatic rings. The highest BCUT2D eigenvalue weighted by Crippen LogP contribution is 2.40. The van der Waals surface area contributed by atoms with E-state index < -0.39 is 63.9 Å². The van der Waals surface area contributed by atoms with Crippen molar-refractivity contribution >= 4 is 33.4 Å². The van der Waals surface area contributed by atoms with Crippen molar-refractivity contribution in [3.63, 3.8) is 0 Å². The number of rotatable bonds is 7. The van der Waals surface area contributed by atoms with Gasteiger partial charge in [-0.05, 0) is 45.9 Å². The van der Waals surface area contributed by atoms with Gasteiger partial charge in [0, 0.05) is 12.6 Å². The molecule has 0 bridgehead atoms. The Bertz CT molecular complexity index is 1360. The summed E-state index contributed by atoms with van der Waals surface area (Å²) in [5.41, 5.74) is -3.34. The topological polar surface area (TPSA) is 132 Å². The van der Waals surface area contributed by atoms with Crippen molar-refractivity contribution in [2.75, 3.05) is 16.2 Å². The molecule has 1 aromatic heterocycles. The molecule has 2 N–H and O–H groups in total. The minimum atomic E-state index is -4.86. The largest absolute Gasteiger partial charge is 0.484 e. The first kappa shape index (κ1) is 29.9. The number of halogens is 5. The molecule has 0 spiro atoms. The number of ether oxygens (including phenoxy) is 2. The van der Waals surface area contributed by atoms with Crippen molar-refractivity contribution in [3.05, 3.63) is 30.1 Å². The second kappa shape index (κ2) is 10.5. The molecule has 3 rings (SSSR count). The summed E-state index contributed by atoms with van der Waals surface area (Å²) in [6.45, 7) is 1.84. The highest BCUT2D eigenvalue weighted by molar-refractivity contribution is 7.92. The van der Waals surface area contributed by atoms with Crippen LogP contribution >= 0.6 is 0 Å². The third kappa shape index (κ3) is 6.34. The van der Waals surface area contributed by atoms with Gasteiger partial charge in [-0.25, -0.2) is 17.9 Å². The predicted octanol–water partition coefficient (Wildman–Crippen LogP) is 3.96. The number of carbonyl (C=O) groups is 2. The Morgan fingerprint density at radius 2 is 1.87 bits per heavy atom. The maximum atomic E-state index is 13.7. The fraction of sp³-hybridized carbons (Fsp3) is 0.500. The van der Waals surface area contributed by atoms with Crippen LogP contribution in [0.5, 0.6) is 5.75 Å². The maximum absolute atomic E-state index is 13.7. The quantitative estimate of drug-likeness (QED) is 0.472. The number of aromatic nitrogens is 2. The Morgan fingerprint density at radius 3 is 2.41 bits per heavy atom. The zero-order chi connectivity index (χ0) is 29.5. The Morgan fingerprint density at radius 1 is 1.23 bits per heavy atom. The first-order valence-corrected chi connectivity index (χ1v) is 12.8. The summed E-state index contributed by atoms with van der Waals surface area (Å²) < 4.78 is 104. The van der Waals surface area contributed by atoms with Gasteiger partial charge in [-0.3, -0.25) is 14.4 Å². The van der Waals surface area contributed by atoms with E-state index in [1.165, 1.54) is 26.0 Å². The van der Waals surface area contributed by atoms with Gasteiger partial charge >= 0.3 is 18.8 Å². The van der Waals surface area contributed by atoms with Crippen molar-refractivity contribution < 1.29 is 49.4 Å². The van der Waals surface area contributed by atoms with E-state index >= 15 is 0 Å². The molecule has 216 valence electrons. The molecule has 17 heteroatoms. The van der Waals surface area contributed by atoms with Crippen molar-refractivity contribution in [1.82, 2.24) is 15.1 Å². The molecule has 1 aromatic carbocycles. The first-order valence-electron chi connectivity index (χ1n) is 11.3. The van der Waals surface area contributed by atoms with Crippen molar-refractivity contribution in [3.8, 4) is 5.75 Å². The van der Waals surface area contributed by atoms with Gasteiger partial charge in [-0.2, -0.15) is 27.1 Å². The number of sulfonamides is 1. The number of fused-ring (bicyclic) bond motifs is 1. The number of alkyl halides is 5. The molecule has 1 aliphatic heterocycles. The molecule has 0 fully saturated rings. The van der Waals surface area contributed by atoms with Gasteiger partial charge in [0.2, 0.25) is 11.5 Å². The molecule has 0 saturated carbocycles. The Balaban J connectivity index is 2.03. The summed E-state index contributed by atoms with van der Waals surface area (Å²) in [5, 5.41) is 8.24. The fourth-order valence-corrected chi connectivity index (χ4v) is 5.26. The Kier molecular flexibility index (Phi) is 8.06. The number of amides is 2. The minimum absolute atomic E-state index is 0.0273. The van der Waals surface area contributed by atoms with E-state index in [1.807, 2.05) is 0 Å². The van der Waals surface area contributed by atoms with Gasteiger partial charge in [-0.1, -0.05) is 0 Å². The van der Waals surface area contributed by atoms with Crippen LogP contribution in [0, 0.1) is 6.92 Å². The summed E-state index contributed by atoms with van der Waals surface area (Å²) >= 11 is 0. The van der Waals surface area contributed by atoms with Gasteiger partial charge in [-0.15, -0.1) is 0 Å². The number of benzene rings is 1. The average Bonchev–Trinajstić information content (AvgIpc) is 3.19. The van der Waals surface area contributed by atoms with Crippen LogP contribution < -0.4 is 19.7 Å². The zero-order valence-electron chi connectivity index (χ0n) is 21.3. The van der Waals surface area contributed by atoms with Crippen LogP contribution in [0.25, 0.3) is 0 Å². The SMILES string of the molecule is CC(=O)NC(C)C1CN(S(=O)(=O)c2cn(C(F)F)nc2C)c2cc(NC(=O)OC(C)(C)C(F)(F)F)ccc2O1. The number of hydrogen-bond acceptors (Lipinski definition) is 7. The zero-order valence-corrected chi connectivity index (χ0v) is 22.2. The highest BCUT2D eigenvalue weighted by atomic mass is 32.2. The van der Waals surface area contributed by atoms with Crippen LogP contribution in [-0.4, -0.2) is 60.7 Å². The van der Waals surface area contributed by atoms with Crippen LogP contribution in [0.15, 0.2) is 29.3 Å². The van der Waals surface area contributed by atoms with E-state index in [0.29, 0.717) is 20.0 Å². The van der Waals surface area contributed by atoms with Crippen LogP contribution in [0.4, 0.5) is 38.1 Å². The van der Waals surface area contributed by atoms with Gasteiger partial charge in [0.15, 0.2) is 0 Å². The molecule has 0 saturated heterocycles. The summed E-state index contributed by atoms with van der Waals surface area (Å²) in [7, 11) is -4.58. The molecule has 0 radical (unpaired) electrons. The standard InChI is InChI=1S/C22H26F5N5O6S/c1-11(28-13(3)33)17-9-32(39(35,36)18-10-31(19(23)24)30-12(18)2)15-8-14(6-7-16(15)37-17)29-20(34)38-21(4,5)22(25,26)27/h6-8,10-11,17,19H,9H2,1-5H3,(H,28,33)(H,29,34). The molecule has 11 nitrogen and oxygen atoms in total. The smallest absolute Gasteiger partial charge is 0.427 e. The summed E-state index contributed by atoms with van der Waals surface area (Å²) in [6, 6.07) is 2.90. The number of nitrogens with one attached hydrogen (secondary N) is 2. The Labute approximate surface area is 220 Å². The van der Waals surface area contributed by atoms with E-state index in [0.717, 1.165) is 10.4 Å². The van der Waals surface area contributed by atoms with Crippen molar-refractivity contribution in [1.29, 1.82) is 0 Å². The second-order valence-corrected chi connectivity index (χ2v) is 11.1. The summed E-state index contributed by atoms with van der Waals surface area (Å²) in [6.07, 6.45) is -6.60. The van der Waals surface area contributed by atoms with E-state index in [9.17, 15) is 40.0 Å². The van der Waals surface area contributed by atoms with E-state index in [2.05, 4.69) is 20.5 Å². The lowest BCUT2D eigenvalue weighted by Crippen LogP contribution is -2.52. The maximum Gasteiger partial charge on any atom is 0.427 e. The number of carbonyl (C=O) groups excluding carboxylic acids is 2. The van der Waals surface area contributed by atoms with E-state index in [1.54, 1.807) is 6.92 Å². The van der Waals surface area contributed by atoms with Crippen molar-refractivity contribution in [2.24, 2.45) is 0 Å². The normalized spacial score (nSPS) is 16.8. The van der Waals surface area contributed by atoms with Crippen molar-refractivity contribution in [2.45, 2.75) is 70.0 Å². The summed E-state index contributed by atoms with van der Waals surface area (Å²) in [5.74, 6) is -0.444. The Hall–Kier alpha value is -3.63. The second-order valence-electron chi connectivity index (χ2n) is 9.22. The van der Waals surface area contributed by atoms with Crippen LogP contribution in [-0.2, 0) is 19.6 Å². The third-order valence-corrected chi connectivity index (χ3v) is 7.64. The summed E-state index contributed by atoms with van der Waals surface area (Å²) in [4.78, 5) is 23.2. The number of nitrogens with zero attached hydrogens (tertiary/aromatic N) is 3. The van der Waals surface area contributed by atoms with Gasteiger partial charge < -0.3 is 14.8 Å². The van der Waals surface area contributed by atoms with Crippen LogP contribution in [0.2, 0.25) is 0 Å². The predicted molar refractivity (Wildman–Crippen MR) is 127 cm³/mol. The molecular formula is C22H26F5N5O6S. The molecule has 2 atom stereocenters. The number of aryl methyl sites for hydroxylation is 1. The molecule has 2 amide bonds. The molecule has 2 heterocycles. The van der Waals surface area contributed by atoms with Crippen LogP contribution in [0.1, 0.15) is 39.9 Å². The van der Waals surface area contributed by atoms with E-state index in [4.69, 9.17) is 4.74 Å². The van der Waals surface area contributed by atoms with E-state index in [-0.39, 0.29) is 27.5 Å². The third-order valence-electron chi connectivity index (χ3n) is 5.76. The number of hydrogen-bond donors (Lipinski definition) is 2. The lowest BCUT2D eigenvalue weighted by molar-refractivity contribution is -0.242.